The van der Waals surface area contributed by atoms with Crippen LogP contribution >= 0.6 is 0 Å². The number of benzene rings is 1. The fourth-order valence-electron chi connectivity index (χ4n) is 4.06. The Balaban J connectivity index is 1.60. The summed E-state index contributed by atoms with van der Waals surface area (Å²) in [6, 6.07) is 11.6. The smallest absolute Gasteiger partial charge is 0.0570 e. The first-order valence-corrected chi connectivity index (χ1v) is 8.29. The zero-order valence-corrected chi connectivity index (χ0v) is 12.3. The molecule has 110 valence electrons. The van der Waals surface area contributed by atoms with E-state index in [4.69, 9.17) is 0 Å². The Hall–Kier alpha value is -0.860. The number of rotatable bonds is 3. The summed E-state index contributed by atoms with van der Waals surface area (Å²) >= 11 is 0. The summed E-state index contributed by atoms with van der Waals surface area (Å²) in [5.41, 5.74) is 1.38. The first kappa shape index (κ1) is 14.1. The van der Waals surface area contributed by atoms with Crippen LogP contribution in [0.2, 0.25) is 0 Å². The van der Waals surface area contributed by atoms with Crippen molar-refractivity contribution in [2.45, 2.75) is 69.6 Å². The Morgan fingerprint density at radius 1 is 1.00 bits per heavy atom. The van der Waals surface area contributed by atoms with Crippen molar-refractivity contribution in [2.75, 3.05) is 0 Å². The molecule has 1 heterocycles. The highest BCUT2D eigenvalue weighted by molar-refractivity contribution is 5.16. The minimum atomic E-state index is -0.114. The zero-order valence-electron chi connectivity index (χ0n) is 12.3. The normalized spacial score (nSPS) is 32.1. The lowest BCUT2D eigenvalue weighted by atomic mass is 9.78. The second kappa shape index (κ2) is 6.73. The minimum Gasteiger partial charge on any atom is -0.393 e. The van der Waals surface area contributed by atoms with Crippen molar-refractivity contribution in [3.63, 3.8) is 0 Å². The van der Waals surface area contributed by atoms with Gasteiger partial charge in [0.1, 0.15) is 0 Å². The molecule has 0 bridgehead atoms. The summed E-state index contributed by atoms with van der Waals surface area (Å²) in [6.07, 6.45) is 9.64. The summed E-state index contributed by atoms with van der Waals surface area (Å²) in [6.45, 7) is 0. The zero-order chi connectivity index (χ0) is 13.8. The van der Waals surface area contributed by atoms with Gasteiger partial charge in [-0.3, -0.25) is 0 Å². The highest BCUT2D eigenvalue weighted by atomic mass is 16.3. The van der Waals surface area contributed by atoms with Crippen molar-refractivity contribution in [3.05, 3.63) is 35.9 Å². The van der Waals surface area contributed by atoms with E-state index in [9.17, 15) is 5.11 Å². The Kier molecular flexibility index (Phi) is 4.74. The topological polar surface area (TPSA) is 32.3 Å². The van der Waals surface area contributed by atoms with Gasteiger partial charge in [0.05, 0.1) is 6.10 Å². The Morgan fingerprint density at radius 3 is 2.50 bits per heavy atom. The maximum Gasteiger partial charge on any atom is 0.0570 e. The van der Waals surface area contributed by atoms with Gasteiger partial charge in [-0.1, -0.05) is 49.6 Å². The summed E-state index contributed by atoms with van der Waals surface area (Å²) in [5.74, 6) is 0.789. The molecule has 1 saturated carbocycles. The van der Waals surface area contributed by atoms with Gasteiger partial charge in [-0.2, -0.15) is 0 Å². The number of hydrogen-bond acceptors (Lipinski definition) is 2. The van der Waals surface area contributed by atoms with Gasteiger partial charge in [0.2, 0.25) is 0 Å². The van der Waals surface area contributed by atoms with Gasteiger partial charge in [-0.05, 0) is 43.6 Å². The average Bonchev–Trinajstić information content (AvgIpc) is 2.49. The van der Waals surface area contributed by atoms with E-state index in [1.807, 2.05) is 0 Å². The van der Waals surface area contributed by atoms with Crippen LogP contribution in [0.25, 0.3) is 0 Å². The number of aliphatic hydroxyl groups is 1. The molecule has 1 aliphatic heterocycles. The van der Waals surface area contributed by atoms with Crippen LogP contribution in [-0.4, -0.2) is 23.3 Å². The fraction of sp³-hybridized carbons (Fsp3) is 0.667. The molecular weight excluding hydrogens is 246 g/mol. The van der Waals surface area contributed by atoms with E-state index in [-0.39, 0.29) is 6.10 Å². The van der Waals surface area contributed by atoms with E-state index < -0.39 is 0 Å². The molecule has 20 heavy (non-hydrogen) atoms. The van der Waals surface area contributed by atoms with Gasteiger partial charge < -0.3 is 10.4 Å². The van der Waals surface area contributed by atoms with Crippen molar-refractivity contribution in [2.24, 2.45) is 5.92 Å². The van der Waals surface area contributed by atoms with E-state index >= 15 is 0 Å². The molecule has 2 nitrogen and oxygen atoms in total. The lowest BCUT2D eigenvalue weighted by molar-refractivity contribution is 0.0695. The molecule has 2 fully saturated rings. The van der Waals surface area contributed by atoms with Crippen LogP contribution in [-0.2, 0) is 6.42 Å². The molecule has 1 aliphatic carbocycles. The molecule has 2 aliphatic rings. The second-order valence-corrected chi connectivity index (χ2v) is 6.68. The van der Waals surface area contributed by atoms with Crippen molar-refractivity contribution in [3.8, 4) is 0 Å². The number of piperidine rings is 1. The van der Waals surface area contributed by atoms with Crippen LogP contribution in [0.4, 0.5) is 0 Å². The van der Waals surface area contributed by atoms with Crippen molar-refractivity contribution < 1.29 is 5.11 Å². The fourth-order valence-corrected chi connectivity index (χ4v) is 4.06. The third-order valence-corrected chi connectivity index (χ3v) is 5.08. The maximum atomic E-state index is 10.2. The molecule has 0 unspecified atom stereocenters. The number of hydrogen-bond donors (Lipinski definition) is 2. The number of aliphatic hydroxyl groups excluding tert-OH is 1. The molecule has 0 radical (unpaired) electrons. The minimum absolute atomic E-state index is 0.114. The molecule has 0 spiro atoms. The lowest BCUT2D eigenvalue weighted by Crippen LogP contribution is -2.51. The number of nitrogens with one attached hydrogen (secondary N) is 1. The van der Waals surface area contributed by atoms with Crippen LogP contribution in [0.3, 0.4) is 0 Å². The van der Waals surface area contributed by atoms with Crippen molar-refractivity contribution in [1.29, 1.82) is 0 Å². The van der Waals surface area contributed by atoms with Gasteiger partial charge in [0.25, 0.3) is 0 Å². The van der Waals surface area contributed by atoms with Crippen molar-refractivity contribution in [1.82, 2.24) is 5.32 Å². The van der Waals surface area contributed by atoms with E-state index in [0.717, 1.165) is 25.2 Å². The summed E-state index contributed by atoms with van der Waals surface area (Å²) in [5, 5.41) is 14.1. The quantitative estimate of drug-likeness (QED) is 0.885. The Bertz CT molecular complexity index is 399. The highest BCUT2D eigenvalue weighted by Gasteiger charge is 2.32. The molecule has 3 rings (SSSR count). The van der Waals surface area contributed by atoms with E-state index in [1.54, 1.807) is 0 Å². The Morgan fingerprint density at radius 2 is 1.75 bits per heavy atom. The van der Waals surface area contributed by atoms with Crippen LogP contribution in [0.15, 0.2) is 30.3 Å². The molecule has 0 aromatic heterocycles. The molecule has 1 aromatic carbocycles. The molecule has 0 amide bonds. The lowest BCUT2D eigenvalue weighted by Gasteiger charge is -2.40. The van der Waals surface area contributed by atoms with Gasteiger partial charge >= 0.3 is 0 Å². The summed E-state index contributed by atoms with van der Waals surface area (Å²) in [4.78, 5) is 0. The van der Waals surface area contributed by atoms with Crippen LogP contribution in [0.1, 0.15) is 50.5 Å². The van der Waals surface area contributed by atoms with Crippen molar-refractivity contribution >= 4 is 0 Å². The van der Waals surface area contributed by atoms with Crippen LogP contribution in [0.5, 0.6) is 0 Å². The van der Waals surface area contributed by atoms with Gasteiger partial charge in [0.15, 0.2) is 0 Å². The molecular formula is C18H27NO. The molecule has 2 N–H and O–H groups in total. The molecule has 2 heteroatoms. The van der Waals surface area contributed by atoms with Crippen LogP contribution < -0.4 is 5.32 Å². The maximum absolute atomic E-state index is 10.2. The second-order valence-electron chi connectivity index (χ2n) is 6.68. The third kappa shape index (κ3) is 3.62. The first-order chi connectivity index (χ1) is 9.81. The Labute approximate surface area is 122 Å². The largest absolute Gasteiger partial charge is 0.393 e. The predicted molar refractivity (Wildman–Crippen MR) is 82.7 cm³/mol. The monoisotopic (exact) mass is 273 g/mol. The molecule has 3 atom stereocenters. The predicted octanol–water partition coefficient (Wildman–Crippen LogP) is 3.29. The van der Waals surface area contributed by atoms with Crippen LogP contribution in [0, 0.1) is 5.92 Å². The van der Waals surface area contributed by atoms with E-state index in [0.29, 0.717) is 12.1 Å². The SMILES string of the molecule is O[C@@H]1C[C@H](Cc2ccccc2)N[C@H](C2CCCCC2)C1. The molecule has 1 aromatic rings. The third-order valence-electron chi connectivity index (χ3n) is 5.08. The highest BCUT2D eigenvalue weighted by Crippen LogP contribution is 2.31. The van der Waals surface area contributed by atoms with Gasteiger partial charge in [0, 0.05) is 12.1 Å². The van der Waals surface area contributed by atoms with Gasteiger partial charge in [-0.15, -0.1) is 0 Å². The van der Waals surface area contributed by atoms with E-state index in [1.165, 1.54) is 37.7 Å². The van der Waals surface area contributed by atoms with E-state index in [2.05, 4.69) is 35.6 Å². The summed E-state index contributed by atoms with van der Waals surface area (Å²) in [7, 11) is 0. The average molecular weight is 273 g/mol. The standard InChI is InChI=1S/C18H27NO/c20-17-12-16(11-14-7-3-1-4-8-14)19-18(13-17)15-9-5-2-6-10-15/h1,3-4,7-8,15-20H,2,5-6,9-13H2/t16-,17+,18-/m0/s1. The summed E-state index contributed by atoms with van der Waals surface area (Å²) < 4.78 is 0. The first-order valence-electron chi connectivity index (χ1n) is 8.29. The molecule has 1 saturated heterocycles. The van der Waals surface area contributed by atoms with Gasteiger partial charge in [-0.25, -0.2) is 0 Å².